The molecule has 0 bridgehead atoms. The summed E-state index contributed by atoms with van der Waals surface area (Å²) in [4.78, 5) is 11.5. The SMILES string of the molecule is CCCOc1cccc(CC(C(=O)O)c2ccccc2)c1. The molecule has 3 nitrogen and oxygen atoms in total. The zero-order valence-electron chi connectivity index (χ0n) is 12.2. The predicted octanol–water partition coefficient (Wildman–Crippen LogP) is 3.89. The summed E-state index contributed by atoms with van der Waals surface area (Å²) in [7, 11) is 0. The molecular weight excluding hydrogens is 264 g/mol. The number of carboxylic acids is 1. The minimum Gasteiger partial charge on any atom is -0.494 e. The van der Waals surface area contributed by atoms with Crippen LogP contribution in [0.15, 0.2) is 54.6 Å². The number of carbonyl (C=O) groups is 1. The lowest BCUT2D eigenvalue weighted by Crippen LogP contribution is -2.14. The van der Waals surface area contributed by atoms with Crippen LogP contribution in [0.25, 0.3) is 0 Å². The van der Waals surface area contributed by atoms with E-state index in [0.29, 0.717) is 13.0 Å². The van der Waals surface area contributed by atoms with Gasteiger partial charge in [-0.1, -0.05) is 49.4 Å². The van der Waals surface area contributed by atoms with Crippen LogP contribution in [-0.2, 0) is 11.2 Å². The van der Waals surface area contributed by atoms with Gasteiger partial charge in [0, 0.05) is 0 Å². The molecule has 2 aromatic rings. The number of hydrogen-bond donors (Lipinski definition) is 1. The second kappa shape index (κ2) is 7.48. The van der Waals surface area contributed by atoms with Crippen LogP contribution in [0.5, 0.6) is 5.75 Å². The highest BCUT2D eigenvalue weighted by Crippen LogP contribution is 2.23. The molecule has 0 spiro atoms. The molecule has 1 N–H and O–H groups in total. The Morgan fingerprint density at radius 3 is 2.57 bits per heavy atom. The smallest absolute Gasteiger partial charge is 0.311 e. The predicted molar refractivity (Wildman–Crippen MR) is 82.8 cm³/mol. The summed E-state index contributed by atoms with van der Waals surface area (Å²) >= 11 is 0. The molecule has 1 unspecified atom stereocenters. The number of ether oxygens (including phenoxy) is 1. The molecule has 0 aromatic heterocycles. The van der Waals surface area contributed by atoms with Gasteiger partial charge in [0.05, 0.1) is 12.5 Å². The summed E-state index contributed by atoms with van der Waals surface area (Å²) in [6.45, 7) is 2.73. The Morgan fingerprint density at radius 1 is 1.14 bits per heavy atom. The van der Waals surface area contributed by atoms with Crippen molar-refractivity contribution in [1.29, 1.82) is 0 Å². The number of rotatable bonds is 7. The minimum atomic E-state index is -0.805. The molecule has 2 rings (SSSR count). The molecule has 0 saturated heterocycles. The van der Waals surface area contributed by atoms with Gasteiger partial charge >= 0.3 is 5.97 Å². The van der Waals surface area contributed by atoms with Gasteiger partial charge in [-0.15, -0.1) is 0 Å². The van der Waals surface area contributed by atoms with Crippen molar-refractivity contribution in [3.05, 3.63) is 65.7 Å². The average Bonchev–Trinajstić information content (AvgIpc) is 2.51. The van der Waals surface area contributed by atoms with Crippen molar-refractivity contribution in [1.82, 2.24) is 0 Å². The van der Waals surface area contributed by atoms with Gasteiger partial charge in [0.15, 0.2) is 0 Å². The number of aliphatic carboxylic acids is 1. The lowest BCUT2D eigenvalue weighted by molar-refractivity contribution is -0.138. The fraction of sp³-hybridized carbons (Fsp3) is 0.278. The molecule has 110 valence electrons. The van der Waals surface area contributed by atoms with E-state index in [9.17, 15) is 9.90 Å². The number of hydrogen-bond acceptors (Lipinski definition) is 2. The maximum Gasteiger partial charge on any atom is 0.311 e. The topological polar surface area (TPSA) is 46.5 Å². The fourth-order valence-electron chi connectivity index (χ4n) is 2.25. The molecule has 2 aromatic carbocycles. The lowest BCUT2D eigenvalue weighted by Gasteiger charge is -2.14. The first-order chi connectivity index (χ1) is 10.2. The maximum absolute atomic E-state index is 11.5. The normalized spacial score (nSPS) is 11.9. The van der Waals surface area contributed by atoms with Crippen LogP contribution in [0.1, 0.15) is 30.4 Å². The molecule has 3 heteroatoms. The van der Waals surface area contributed by atoms with Crippen molar-refractivity contribution in [2.24, 2.45) is 0 Å². The number of carboxylic acid groups (broad SMARTS) is 1. The van der Waals surface area contributed by atoms with E-state index in [-0.39, 0.29) is 0 Å². The molecular formula is C18H20O3. The largest absolute Gasteiger partial charge is 0.494 e. The standard InChI is InChI=1S/C18H20O3/c1-2-11-21-16-10-6-7-14(12-16)13-17(18(19)20)15-8-4-3-5-9-15/h3-10,12,17H,2,11,13H2,1H3,(H,19,20). The van der Waals surface area contributed by atoms with Gasteiger partial charge in [-0.25, -0.2) is 0 Å². The first-order valence-electron chi connectivity index (χ1n) is 7.20. The van der Waals surface area contributed by atoms with E-state index < -0.39 is 11.9 Å². The first-order valence-corrected chi connectivity index (χ1v) is 7.20. The van der Waals surface area contributed by atoms with Gasteiger partial charge in [0.2, 0.25) is 0 Å². The van der Waals surface area contributed by atoms with Gasteiger partial charge in [-0.2, -0.15) is 0 Å². The van der Waals surface area contributed by atoms with E-state index in [4.69, 9.17) is 4.74 Å². The van der Waals surface area contributed by atoms with Gasteiger partial charge < -0.3 is 9.84 Å². The quantitative estimate of drug-likeness (QED) is 0.839. The molecule has 0 aliphatic rings. The number of benzene rings is 2. The van der Waals surface area contributed by atoms with E-state index in [2.05, 4.69) is 6.92 Å². The molecule has 0 aliphatic heterocycles. The summed E-state index contributed by atoms with van der Waals surface area (Å²) in [5.74, 6) is -0.541. The molecule has 1 atom stereocenters. The summed E-state index contributed by atoms with van der Waals surface area (Å²) < 4.78 is 5.60. The second-order valence-corrected chi connectivity index (χ2v) is 5.00. The Balaban J connectivity index is 2.16. The Bertz CT molecular complexity index is 578. The molecule has 0 fully saturated rings. The third-order valence-electron chi connectivity index (χ3n) is 3.31. The molecule has 0 heterocycles. The summed E-state index contributed by atoms with van der Waals surface area (Å²) in [6, 6.07) is 17.0. The Kier molecular flexibility index (Phi) is 5.38. The minimum absolute atomic E-state index is 0.461. The third-order valence-corrected chi connectivity index (χ3v) is 3.31. The Morgan fingerprint density at radius 2 is 1.90 bits per heavy atom. The molecule has 0 amide bonds. The Hall–Kier alpha value is -2.29. The highest BCUT2D eigenvalue weighted by atomic mass is 16.5. The van der Waals surface area contributed by atoms with E-state index >= 15 is 0 Å². The van der Waals surface area contributed by atoms with Crippen LogP contribution in [0.2, 0.25) is 0 Å². The highest BCUT2D eigenvalue weighted by Gasteiger charge is 2.20. The van der Waals surface area contributed by atoms with Crippen molar-refractivity contribution in [3.8, 4) is 5.75 Å². The van der Waals surface area contributed by atoms with Crippen molar-refractivity contribution in [2.45, 2.75) is 25.7 Å². The van der Waals surface area contributed by atoms with Gasteiger partial charge in [0.1, 0.15) is 5.75 Å². The first kappa shape index (κ1) is 15.1. The lowest BCUT2D eigenvalue weighted by atomic mass is 9.92. The molecule has 0 saturated carbocycles. The van der Waals surface area contributed by atoms with Gasteiger partial charge in [-0.3, -0.25) is 4.79 Å². The highest BCUT2D eigenvalue weighted by molar-refractivity contribution is 5.76. The summed E-state index contributed by atoms with van der Waals surface area (Å²) in [5, 5.41) is 9.47. The zero-order valence-corrected chi connectivity index (χ0v) is 12.2. The summed E-state index contributed by atoms with van der Waals surface area (Å²) in [5.41, 5.74) is 1.80. The van der Waals surface area contributed by atoms with Crippen molar-refractivity contribution in [3.63, 3.8) is 0 Å². The van der Waals surface area contributed by atoms with Crippen LogP contribution in [0.4, 0.5) is 0 Å². The van der Waals surface area contributed by atoms with E-state index in [1.807, 2.05) is 54.6 Å². The average molecular weight is 284 g/mol. The van der Waals surface area contributed by atoms with Crippen molar-refractivity contribution >= 4 is 5.97 Å². The third kappa shape index (κ3) is 4.35. The van der Waals surface area contributed by atoms with Gasteiger partial charge in [-0.05, 0) is 36.1 Å². The van der Waals surface area contributed by atoms with Crippen LogP contribution < -0.4 is 4.74 Å². The maximum atomic E-state index is 11.5. The second-order valence-electron chi connectivity index (χ2n) is 5.00. The monoisotopic (exact) mass is 284 g/mol. The van der Waals surface area contributed by atoms with E-state index in [0.717, 1.165) is 23.3 Å². The van der Waals surface area contributed by atoms with E-state index in [1.165, 1.54) is 0 Å². The van der Waals surface area contributed by atoms with Crippen LogP contribution >= 0.6 is 0 Å². The zero-order chi connectivity index (χ0) is 15.1. The van der Waals surface area contributed by atoms with E-state index in [1.54, 1.807) is 0 Å². The molecule has 21 heavy (non-hydrogen) atoms. The van der Waals surface area contributed by atoms with Crippen molar-refractivity contribution in [2.75, 3.05) is 6.61 Å². The fourth-order valence-corrected chi connectivity index (χ4v) is 2.25. The molecule has 0 radical (unpaired) electrons. The summed E-state index contributed by atoms with van der Waals surface area (Å²) in [6.07, 6.45) is 1.41. The Labute approximate surface area is 125 Å². The van der Waals surface area contributed by atoms with Crippen molar-refractivity contribution < 1.29 is 14.6 Å². The van der Waals surface area contributed by atoms with Crippen LogP contribution in [0, 0.1) is 0 Å². The van der Waals surface area contributed by atoms with Gasteiger partial charge in [0.25, 0.3) is 0 Å². The molecule has 0 aliphatic carbocycles. The van der Waals surface area contributed by atoms with Crippen LogP contribution in [0.3, 0.4) is 0 Å². The van der Waals surface area contributed by atoms with Crippen LogP contribution in [-0.4, -0.2) is 17.7 Å².